The van der Waals surface area contributed by atoms with Crippen molar-refractivity contribution in [2.75, 3.05) is 5.32 Å². The summed E-state index contributed by atoms with van der Waals surface area (Å²) in [5.74, 6) is -0.770. The van der Waals surface area contributed by atoms with Crippen molar-refractivity contribution in [2.24, 2.45) is 0 Å². The Morgan fingerprint density at radius 1 is 1.26 bits per heavy atom. The molecule has 0 fully saturated rings. The first kappa shape index (κ1) is 15.7. The van der Waals surface area contributed by atoms with Crippen molar-refractivity contribution < 1.29 is 14.3 Å². The molecule has 0 spiro atoms. The molecular formula is C18H16BrNO3. The lowest BCUT2D eigenvalue weighted by atomic mass is 9.98. The highest BCUT2D eigenvalue weighted by molar-refractivity contribution is 9.10. The minimum Gasteiger partial charge on any atom is -0.448 e. The van der Waals surface area contributed by atoms with Crippen LogP contribution < -0.4 is 5.32 Å². The zero-order valence-electron chi connectivity index (χ0n) is 12.6. The number of cyclic esters (lactones) is 1. The van der Waals surface area contributed by atoms with Gasteiger partial charge >= 0.3 is 5.97 Å². The van der Waals surface area contributed by atoms with Crippen LogP contribution in [0.3, 0.4) is 0 Å². The summed E-state index contributed by atoms with van der Waals surface area (Å²) in [4.78, 5) is 24.4. The van der Waals surface area contributed by atoms with Crippen LogP contribution in [0.1, 0.15) is 28.4 Å². The van der Waals surface area contributed by atoms with Gasteiger partial charge in [0.1, 0.15) is 0 Å². The lowest BCUT2D eigenvalue weighted by Gasteiger charge is -2.24. The van der Waals surface area contributed by atoms with Crippen molar-refractivity contribution in [3.05, 3.63) is 63.6 Å². The van der Waals surface area contributed by atoms with E-state index < -0.39 is 12.1 Å². The van der Waals surface area contributed by atoms with Gasteiger partial charge in [0, 0.05) is 16.6 Å². The van der Waals surface area contributed by atoms with Gasteiger partial charge < -0.3 is 10.1 Å². The summed E-state index contributed by atoms with van der Waals surface area (Å²) in [5, 5.41) is 2.80. The number of hydrogen-bond donors (Lipinski definition) is 1. The molecule has 3 rings (SSSR count). The molecule has 0 bridgehead atoms. The minimum atomic E-state index is -0.810. The monoisotopic (exact) mass is 373 g/mol. The van der Waals surface area contributed by atoms with Gasteiger partial charge in [-0.25, -0.2) is 4.79 Å². The summed E-state index contributed by atoms with van der Waals surface area (Å²) >= 11 is 3.38. The summed E-state index contributed by atoms with van der Waals surface area (Å²) in [7, 11) is 0. The van der Waals surface area contributed by atoms with Gasteiger partial charge in [-0.15, -0.1) is 0 Å². The number of hydrogen-bond acceptors (Lipinski definition) is 3. The summed E-state index contributed by atoms with van der Waals surface area (Å²) in [5.41, 5.74) is 3.23. The van der Waals surface area contributed by atoms with E-state index in [2.05, 4.69) is 28.2 Å². The highest BCUT2D eigenvalue weighted by Gasteiger charge is 2.31. The number of carbonyl (C=O) groups excluding carboxylic acids is 2. The van der Waals surface area contributed by atoms with Gasteiger partial charge in [-0.2, -0.15) is 0 Å². The first-order chi connectivity index (χ1) is 11.1. The summed E-state index contributed by atoms with van der Waals surface area (Å²) in [6.07, 6.45) is 0.509. The maximum absolute atomic E-state index is 12.4. The largest absolute Gasteiger partial charge is 0.448 e. The average molecular weight is 374 g/mol. The predicted octanol–water partition coefficient (Wildman–Crippen LogP) is 3.73. The fraction of sp³-hybridized carbons (Fsp3) is 0.222. The van der Waals surface area contributed by atoms with E-state index in [-0.39, 0.29) is 5.91 Å². The smallest absolute Gasteiger partial charge is 0.339 e. The van der Waals surface area contributed by atoms with E-state index in [4.69, 9.17) is 4.74 Å². The topological polar surface area (TPSA) is 55.4 Å². The zero-order valence-corrected chi connectivity index (χ0v) is 14.2. The molecule has 0 aliphatic carbocycles. The lowest BCUT2D eigenvalue weighted by molar-refractivity contribution is -0.125. The van der Waals surface area contributed by atoms with E-state index in [1.807, 2.05) is 30.3 Å². The van der Waals surface area contributed by atoms with Crippen LogP contribution in [0.2, 0.25) is 0 Å². The summed E-state index contributed by atoms with van der Waals surface area (Å²) < 4.78 is 6.14. The van der Waals surface area contributed by atoms with E-state index in [1.54, 1.807) is 12.1 Å². The lowest BCUT2D eigenvalue weighted by Crippen LogP contribution is -2.38. The van der Waals surface area contributed by atoms with Crippen molar-refractivity contribution in [1.82, 2.24) is 0 Å². The normalized spacial score (nSPS) is 16.4. The summed E-state index contributed by atoms with van der Waals surface area (Å²) in [6.45, 7) is 2.07. The fourth-order valence-electron chi connectivity index (χ4n) is 2.56. The number of ether oxygens (including phenoxy) is 1. The number of anilines is 1. The van der Waals surface area contributed by atoms with Crippen molar-refractivity contribution in [3.63, 3.8) is 0 Å². The standard InChI is InChI=1S/C18H16BrNO3/c1-2-11-3-6-14(7-4-11)20-17(21)16-10-12-9-13(19)5-8-15(12)18(22)23-16/h3-9,16H,2,10H2,1H3,(H,20,21). The van der Waals surface area contributed by atoms with Gasteiger partial charge in [-0.1, -0.05) is 35.0 Å². The molecule has 2 aromatic carbocycles. The molecule has 0 saturated carbocycles. The maximum Gasteiger partial charge on any atom is 0.339 e. The Morgan fingerprint density at radius 2 is 2.00 bits per heavy atom. The zero-order chi connectivity index (χ0) is 16.4. The van der Waals surface area contributed by atoms with E-state index in [1.165, 1.54) is 5.56 Å². The Morgan fingerprint density at radius 3 is 2.70 bits per heavy atom. The number of benzene rings is 2. The Labute approximate surface area is 143 Å². The SMILES string of the molecule is CCc1ccc(NC(=O)C2Cc3cc(Br)ccc3C(=O)O2)cc1. The molecule has 2 aromatic rings. The van der Waals surface area contributed by atoms with Gasteiger partial charge in [0.05, 0.1) is 5.56 Å². The number of fused-ring (bicyclic) bond motifs is 1. The van der Waals surface area contributed by atoms with Crippen LogP contribution in [0.5, 0.6) is 0 Å². The number of esters is 1. The van der Waals surface area contributed by atoms with E-state index in [9.17, 15) is 9.59 Å². The Bertz CT molecular complexity index is 755. The van der Waals surface area contributed by atoms with Crippen molar-refractivity contribution in [1.29, 1.82) is 0 Å². The first-order valence-electron chi connectivity index (χ1n) is 7.46. The van der Waals surface area contributed by atoms with Crippen LogP contribution in [0, 0.1) is 0 Å². The second-order valence-electron chi connectivity index (χ2n) is 5.44. The highest BCUT2D eigenvalue weighted by atomic mass is 79.9. The second-order valence-corrected chi connectivity index (χ2v) is 6.35. The number of carbonyl (C=O) groups is 2. The Hall–Kier alpha value is -2.14. The molecule has 1 aliphatic heterocycles. The quantitative estimate of drug-likeness (QED) is 0.833. The molecule has 1 atom stereocenters. The van der Waals surface area contributed by atoms with Crippen LogP contribution in [-0.4, -0.2) is 18.0 Å². The van der Waals surface area contributed by atoms with Crippen LogP contribution in [0.4, 0.5) is 5.69 Å². The third kappa shape index (κ3) is 3.45. The average Bonchev–Trinajstić information content (AvgIpc) is 2.55. The molecule has 1 amide bonds. The van der Waals surface area contributed by atoms with Gasteiger partial charge in [0.2, 0.25) is 0 Å². The molecule has 23 heavy (non-hydrogen) atoms. The van der Waals surface area contributed by atoms with Crippen molar-refractivity contribution in [3.8, 4) is 0 Å². The van der Waals surface area contributed by atoms with Crippen LogP contribution in [0.15, 0.2) is 46.9 Å². The van der Waals surface area contributed by atoms with Gasteiger partial charge in [-0.05, 0) is 47.9 Å². The highest BCUT2D eigenvalue weighted by Crippen LogP contribution is 2.25. The van der Waals surface area contributed by atoms with Crippen LogP contribution in [0.25, 0.3) is 0 Å². The van der Waals surface area contributed by atoms with Gasteiger partial charge in [0.25, 0.3) is 5.91 Å². The molecule has 1 heterocycles. The third-order valence-electron chi connectivity index (χ3n) is 3.86. The number of amides is 1. The number of rotatable bonds is 3. The molecule has 0 saturated heterocycles. The maximum atomic E-state index is 12.4. The van der Waals surface area contributed by atoms with Crippen LogP contribution >= 0.6 is 15.9 Å². The molecule has 1 aliphatic rings. The van der Waals surface area contributed by atoms with Crippen molar-refractivity contribution >= 4 is 33.5 Å². The molecule has 4 nitrogen and oxygen atoms in total. The molecule has 118 valence electrons. The predicted molar refractivity (Wildman–Crippen MR) is 91.5 cm³/mol. The summed E-state index contributed by atoms with van der Waals surface area (Å²) in [6, 6.07) is 13.0. The number of nitrogens with one attached hydrogen (secondary N) is 1. The molecule has 0 radical (unpaired) electrons. The molecule has 1 N–H and O–H groups in total. The Kier molecular flexibility index (Phi) is 4.48. The van der Waals surface area contributed by atoms with Gasteiger partial charge in [-0.3, -0.25) is 4.79 Å². The van der Waals surface area contributed by atoms with E-state index >= 15 is 0 Å². The number of halogens is 1. The van der Waals surface area contributed by atoms with Crippen LogP contribution in [-0.2, 0) is 22.4 Å². The van der Waals surface area contributed by atoms with E-state index in [0.717, 1.165) is 16.5 Å². The third-order valence-corrected chi connectivity index (χ3v) is 4.36. The van der Waals surface area contributed by atoms with Gasteiger partial charge in [0.15, 0.2) is 6.10 Å². The fourth-order valence-corrected chi connectivity index (χ4v) is 2.97. The second kappa shape index (κ2) is 6.54. The van der Waals surface area contributed by atoms with Crippen molar-refractivity contribution in [2.45, 2.75) is 25.9 Å². The first-order valence-corrected chi connectivity index (χ1v) is 8.25. The Balaban J connectivity index is 1.74. The minimum absolute atomic E-state index is 0.312. The number of aryl methyl sites for hydroxylation is 1. The van der Waals surface area contributed by atoms with E-state index in [0.29, 0.717) is 17.7 Å². The molecule has 0 aromatic heterocycles. The molecule has 5 heteroatoms. The molecular weight excluding hydrogens is 358 g/mol. The molecule has 1 unspecified atom stereocenters.